The molecule has 0 bridgehead atoms. The number of hydrogen-bond acceptors (Lipinski definition) is 2. The number of anilines is 1. The molecule has 2 nitrogen and oxygen atoms in total. The van der Waals surface area contributed by atoms with E-state index in [-0.39, 0.29) is 11.4 Å². The highest BCUT2D eigenvalue weighted by Crippen LogP contribution is 2.35. The van der Waals surface area contributed by atoms with Crippen LogP contribution in [0.1, 0.15) is 18.9 Å². The normalized spacial score (nSPS) is 23.7. The molecule has 1 atom stereocenters. The Balaban J connectivity index is 2.26. The molecule has 0 aromatic heterocycles. The van der Waals surface area contributed by atoms with E-state index in [4.69, 9.17) is 4.74 Å². The summed E-state index contributed by atoms with van der Waals surface area (Å²) in [4.78, 5) is 0. The summed E-state index contributed by atoms with van der Waals surface area (Å²) in [6, 6.07) is 4.92. The van der Waals surface area contributed by atoms with Gasteiger partial charge in [0, 0.05) is 12.8 Å². The monoisotopic (exact) mass is 209 g/mol. The molecule has 0 saturated heterocycles. The van der Waals surface area contributed by atoms with Crippen LogP contribution < -0.4 is 5.32 Å². The first kappa shape index (κ1) is 10.4. The number of benzene rings is 1. The zero-order valence-corrected chi connectivity index (χ0v) is 9.14. The molecular formula is C12H16FNO. The van der Waals surface area contributed by atoms with Gasteiger partial charge in [0.15, 0.2) is 0 Å². The van der Waals surface area contributed by atoms with Gasteiger partial charge < -0.3 is 10.1 Å². The van der Waals surface area contributed by atoms with Crippen LogP contribution >= 0.6 is 0 Å². The van der Waals surface area contributed by atoms with Gasteiger partial charge in [-0.3, -0.25) is 0 Å². The Morgan fingerprint density at radius 3 is 3.00 bits per heavy atom. The van der Waals surface area contributed by atoms with E-state index in [1.807, 2.05) is 6.07 Å². The zero-order valence-electron chi connectivity index (χ0n) is 9.14. The number of ether oxygens (including phenoxy) is 1. The quantitative estimate of drug-likeness (QED) is 0.826. The van der Waals surface area contributed by atoms with E-state index in [1.54, 1.807) is 13.2 Å². The summed E-state index contributed by atoms with van der Waals surface area (Å²) < 4.78 is 18.3. The lowest BCUT2D eigenvalue weighted by Gasteiger charge is -2.27. The maximum atomic E-state index is 13.0. The minimum Gasteiger partial charge on any atom is -0.382 e. The first-order valence-corrected chi connectivity index (χ1v) is 5.25. The molecule has 0 saturated carbocycles. The van der Waals surface area contributed by atoms with Crippen LogP contribution in [0.15, 0.2) is 18.2 Å². The van der Waals surface area contributed by atoms with Crippen LogP contribution in [0.2, 0.25) is 0 Å². The number of nitrogens with one attached hydrogen (secondary N) is 1. The second-order valence-electron chi connectivity index (χ2n) is 4.17. The summed E-state index contributed by atoms with van der Waals surface area (Å²) in [5, 5.41) is 3.37. The third-order valence-corrected chi connectivity index (χ3v) is 3.10. The van der Waals surface area contributed by atoms with Crippen LogP contribution in [0.3, 0.4) is 0 Å². The lowest BCUT2D eigenvalue weighted by Crippen LogP contribution is -2.40. The molecule has 0 spiro atoms. The minimum atomic E-state index is -0.189. The van der Waals surface area contributed by atoms with Crippen molar-refractivity contribution in [2.45, 2.75) is 25.3 Å². The van der Waals surface area contributed by atoms with Gasteiger partial charge >= 0.3 is 0 Å². The SMILES string of the molecule is CCC1(COC)Cc2ccc(F)cc2N1. The summed E-state index contributed by atoms with van der Waals surface area (Å²) in [6.07, 6.45) is 1.88. The summed E-state index contributed by atoms with van der Waals surface area (Å²) in [5.74, 6) is -0.189. The van der Waals surface area contributed by atoms with Gasteiger partial charge in [-0.05, 0) is 30.5 Å². The van der Waals surface area contributed by atoms with E-state index in [1.165, 1.54) is 11.6 Å². The molecule has 1 N–H and O–H groups in total. The highest BCUT2D eigenvalue weighted by Gasteiger charge is 2.35. The third-order valence-electron chi connectivity index (χ3n) is 3.10. The van der Waals surface area contributed by atoms with Crippen molar-refractivity contribution in [3.8, 4) is 0 Å². The molecule has 82 valence electrons. The highest BCUT2D eigenvalue weighted by atomic mass is 19.1. The Morgan fingerprint density at radius 1 is 1.53 bits per heavy atom. The van der Waals surface area contributed by atoms with E-state index >= 15 is 0 Å². The van der Waals surface area contributed by atoms with Gasteiger partial charge in [-0.1, -0.05) is 13.0 Å². The predicted molar refractivity (Wildman–Crippen MR) is 58.6 cm³/mol. The molecule has 0 amide bonds. The second-order valence-corrected chi connectivity index (χ2v) is 4.17. The van der Waals surface area contributed by atoms with Crippen molar-refractivity contribution >= 4 is 5.69 Å². The first-order chi connectivity index (χ1) is 7.19. The van der Waals surface area contributed by atoms with Crippen LogP contribution in [-0.4, -0.2) is 19.3 Å². The molecule has 0 aliphatic carbocycles. The third kappa shape index (κ3) is 1.84. The van der Waals surface area contributed by atoms with Crippen LogP contribution in [0.25, 0.3) is 0 Å². The Kier molecular flexibility index (Phi) is 2.65. The van der Waals surface area contributed by atoms with Crippen molar-refractivity contribution in [2.75, 3.05) is 19.0 Å². The van der Waals surface area contributed by atoms with E-state index in [9.17, 15) is 4.39 Å². The summed E-state index contributed by atoms with van der Waals surface area (Å²) in [5.41, 5.74) is 2.04. The fourth-order valence-corrected chi connectivity index (χ4v) is 2.19. The number of hydrogen-bond donors (Lipinski definition) is 1. The van der Waals surface area contributed by atoms with Gasteiger partial charge in [-0.25, -0.2) is 4.39 Å². The lowest BCUT2D eigenvalue weighted by molar-refractivity contribution is 0.143. The van der Waals surface area contributed by atoms with Crippen molar-refractivity contribution < 1.29 is 9.13 Å². The van der Waals surface area contributed by atoms with Crippen molar-refractivity contribution in [3.05, 3.63) is 29.6 Å². The van der Waals surface area contributed by atoms with Gasteiger partial charge in [0.1, 0.15) is 5.82 Å². The molecule has 1 aromatic rings. The summed E-state index contributed by atoms with van der Waals surface area (Å²) in [7, 11) is 1.70. The standard InChI is InChI=1S/C12H16FNO/c1-3-12(8-15-2)7-9-4-5-10(13)6-11(9)14-12/h4-6,14H,3,7-8H2,1-2H3. The molecule has 1 aromatic carbocycles. The van der Waals surface area contributed by atoms with Gasteiger partial charge in [0.2, 0.25) is 0 Å². The van der Waals surface area contributed by atoms with Crippen LogP contribution in [-0.2, 0) is 11.2 Å². The Morgan fingerprint density at radius 2 is 2.33 bits per heavy atom. The van der Waals surface area contributed by atoms with Crippen LogP contribution in [0.5, 0.6) is 0 Å². The largest absolute Gasteiger partial charge is 0.382 e. The average molecular weight is 209 g/mol. The van der Waals surface area contributed by atoms with Crippen LogP contribution in [0, 0.1) is 5.82 Å². The molecule has 1 aliphatic rings. The smallest absolute Gasteiger partial charge is 0.125 e. The van der Waals surface area contributed by atoms with Crippen molar-refractivity contribution in [2.24, 2.45) is 0 Å². The first-order valence-electron chi connectivity index (χ1n) is 5.25. The van der Waals surface area contributed by atoms with Gasteiger partial charge in [0.05, 0.1) is 12.1 Å². The van der Waals surface area contributed by atoms with Crippen molar-refractivity contribution in [3.63, 3.8) is 0 Å². The van der Waals surface area contributed by atoms with Crippen molar-refractivity contribution in [1.82, 2.24) is 0 Å². The number of methoxy groups -OCH3 is 1. The highest BCUT2D eigenvalue weighted by molar-refractivity contribution is 5.59. The van der Waals surface area contributed by atoms with Crippen molar-refractivity contribution in [1.29, 1.82) is 0 Å². The maximum Gasteiger partial charge on any atom is 0.125 e. The lowest BCUT2D eigenvalue weighted by atomic mass is 9.93. The van der Waals surface area contributed by atoms with Crippen LogP contribution in [0.4, 0.5) is 10.1 Å². The average Bonchev–Trinajstić information content (AvgIpc) is 2.56. The molecule has 0 radical (unpaired) electrons. The number of fused-ring (bicyclic) bond motifs is 1. The topological polar surface area (TPSA) is 21.3 Å². The maximum absolute atomic E-state index is 13.0. The zero-order chi connectivity index (χ0) is 10.9. The van der Waals surface area contributed by atoms with Gasteiger partial charge in [0.25, 0.3) is 0 Å². The minimum absolute atomic E-state index is 0.0507. The molecule has 0 fully saturated rings. The molecule has 1 heterocycles. The molecule has 15 heavy (non-hydrogen) atoms. The van der Waals surface area contributed by atoms with E-state index in [0.29, 0.717) is 6.61 Å². The fourth-order valence-electron chi connectivity index (χ4n) is 2.19. The number of rotatable bonds is 3. The second kappa shape index (κ2) is 3.81. The predicted octanol–water partition coefficient (Wildman–Crippen LogP) is 2.59. The summed E-state index contributed by atoms with van der Waals surface area (Å²) >= 11 is 0. The van der Waals surface area contributed by atoms with E-state index in [2.05, 4.69) is 12.2 Å². The number of halogens is 1. The Hall–Kier alpha value is -1.09. The molecule has 2 rings (SSSR count). The van der Waals surface area contributed by atoms with E-state index in [0.717, 1.165) is 18.5 Å². The Bertz CT molecular complexity index is 367. The van der Waals surface area contributed by atoms with Gasteiger partial charge in [-0.15, -0.1) is 0 Å². The molecule has 1 unspecified atom stereocenters. The van der Waals surface area contributed by atoms with E-state index < -0.39 is 0 Å². The Labute approximate surface area is 89.4 Å². The molecular weight excluding hydrogens is 193 g/mol. The fraction of sp³-hybridized carbons (Fsp3) is 0.500. The van der Waals surface area contributed by atoms with Gasteiger partial charge in [-0.2, -0.15) is 0 Å². The molecule has 1 aliphatic heterocycles. The molecule has 3 heteroatoms. The summed E-state index contributed by atoms with van der Waals surface area (Å²) in [6.45, 7) is 2.77.